The van der Waals surface area contributed by atoms with Crippen LogP contribution in [0.5, 0.6) is 0 Å². The van der Waals surface area contributed by atoms with Crippen molar-refractivity contribution in [3.05, 3.63) is 99.6 Å². The molecule has 0 atom stereocenters. The van der Waals surface area contributed by atoms with Gasteiger partial charge in [0.15, 0.2) is 0 Å². The van der Waals surface area contributed by atoms with Crippen molar-refractivity contribution in [1.29, 1.82) is 0 Å². The van der Waals surface area contributed by atoms with Crippen LogP contribution in [0.25, 0.3) is 11.3 Å². The molecule has 0 saturated carbocycles. The van der Waals surface area contributed by atoms with E-state index in [1.165, 1.54) is 23.5 Å². The maximum absolute atomic E-state index is 12.9. The number of hydrogen-bond donors (Lipinski definition) is 1. The molecule has 4 aromatic rings. The third-order valence-electron chi connectivity index (χ3n) is 4.91. The van der Waals surface area contributed by atoms with Crippen LogP contribution in [0.4, 0.5) is 18.9 Å². The number of thiazole rings is 1. The number of pyridine rings is 1. The van der Waals surface area contributed by atoms with Gasteiger partial charge in [-0.3, -0.25) is 9.78 Å². The fourth-order valence-corrected chi connectivity index (χ4v) is 4.01. The number of alkyl halides is 3. The second-order valence-corrected chi connectivity index (χ2v) is 8.16. The number of nitrogens with zero attached hydrogens (tertiary/aromatic N) is 2. The van der Waals surface area contributed by atoms with Crippen LogP contribution in [0.1, 0.15) is 32.1 Å². The quantitative estimate of drug-likeness (QED) is 0.382. The number of rotatable bonds is 5. The molecule has 32 heavy (non-hydrogen) atoms. The van der Waals surface area contributed by atoms with Crippen molar-refractivity contribution in [2.75, 3.05) is 5.32 Å². The average molecular weight is 453 g/mol. The van der Waals surface area contributed by atoms with Gasteiger partial charge >= 0.3 is 6.18 Å². The molecular formula is C24H18F3N3OS. The monoisotopic (exact) mass is 453 g/mol. The Labute approximate surface area is 186 Å². The fraction of sp³-hybridized carbons (Fsp3) is 0.125. The van der Waals surface area contributed by atoms with E-state index in [0.717, 1.165) is 39.5 Å². The van der Waals surface area contributed by atoms with Gasteiger partial charge in [0.05, 0.1) is 16.3 Å². The van der Waals surface area contributed by atoms with Crippen LogP contribution in [0.3, 0.4) is 0 Å². The lowest BCUT2D eigenvalue weighted by Gasteiger charge is -2.11. The highest BCUT2D eigenvalue weighted by atomic mass is 32.1. The number of nitrogens with one attached hydrogen (secondary N) is 1. The summed E-state index contributed by atoms with van der Waals surface area (Å²) < 4.78 is 38.8. The number of anilines is 1. The summed E-state index contributed by atoms with van der Waals surface area (Å²) in [5, 5.41) is 5.57. The number of carbonyl (C=O) groups is 1. The van der Waals surface area contributed by atoms with Crippen LogP contribution in [-0.2, 0) is 12.6 Å². The zero-order chi connectivity index (χ0) is 22.7. The van der Waals surface area contributed by atoms with Gasteiger partial charge in [0, 0.05) is 41.0 Å². The first-order chi connectivity index (χ1) is 15.3. The smallest absolute Gasteiger partial charge is 0.322 e. The van der Waals surface area contributed by atoms with E-state index in [1.807, 2.05) is 36.6 Å². The van der Waals surface area contributed by atoms with Crippen LogP contribution >= 0.6 is 11.3 Å². The minimum atomic E-state index is -4.50. The SMILES string of the molecule is Cc1ccc(NC(=O)c2cccc(C(F)(F)F)c2)cc1Cc1nc(-c2cccnc2)cs1. The van der Waals surface area contributed by atoms with Gasteiger partial charge < -0.3 is 5.32 Å². The Kier molecular flexibility index (Phi) is 6.05. The molecule has 0 radical (unpaired) electrons. The molecule has 0 spiro atoms. The van der Waals surface area contributed by atoms with Crippen LogP contribution in [0.15, 0.2) is 72.4 Å². The molecule has 1 N–H and O–H groups in total. The van der Waals surface area contributed by atoms with Gasteiger partial charge in [-0.15, -0.1) is 11.3 Å². The van der Waals surface area contributed by atoms with Gasteiger partial charge in [-0.05, 0) is 60.5 Å². The topological polar surface area (TPSA) is 54.9 Å². The molecule has 0 bridgehead atoms. The third-order valence-corrected chi connectivity index (χ3v) is 5.76. The highest BCUT2D eigenvalue weighted by Gasteiger charge is 2.30. The first-order valence-electron chi connectivity index (χ1n) is 9.72. The number of aromatic nitrogens is 2. The van der Waals surface area contributed by atoms with Crippen molar-refractivity contribution >= 4 is 22.9 Å². The molecule has 162 valence electrons. The zero-order valence-corrected chi connectivity index (χ0v) is 17.8. The lowest BCUT2D eigenvalue weighted by molar-refractivity contribution is -0.137. The van der Waals surface area contributed by atoms with E-state index in [4.69, 9.17) is 0 Å². The Morgan fingerprint density at radius 3 is 2.69 bits per heavy atom. The maximum atomic E-state index is 12.9. The molecule has 0 fully saturated rings. The number of amides is 1. The first-order valence-corrected chi connectivity index (χ1v) is 10.6. The molecule has 2 aromatic heterocycles. The molecule has 0 unspecified atom stereocenters. The van der Waals surface area contributed by atoms with Crippen LogP contribution in [0, 0.1) is 6.92 Å². The van der Waals surface area contributed by atoms with E-state index in [1.54, 1.807) is 18.5 Å². The van der Waals surface area contributed by atoms with Gasteiger partial charge in [-0.1, -0.05) is 12.1 Å². The lowest BCUT2D eigenvalue weighted by atomic mass is 10.0. The minimum Gasteiger partial charge on any atom is -0.322 e. The summed E-state index contributed by atoms with van der Waals surface area (Å²) in [5.74, 6) is -0.598. The number of carbonyl (C=O) groups excluding carboxylic acids is 1. The number of hydrogen-bond acceptors (Lipinski definition) is 4. The predicted octanol–water partition coefficient (Wildman–Crippen LogP) is 6.38. The van der Waals surface area contributed by atoms with Crippen LogP contribution < -0.4 is 5.32 Å². The molecule has 0 aliphatic carbocycles. The molecule has 1 amide bonds. The number of benzene rings is 2. The van der Waals surface area contributed by atoms with Gasteiger partial charge in [-0.25, -0.2) is 4.98 Å². The van der Waals surface area contributed by atoms with Gasteiger partial charge in [0.1, 0.15) is 0 Å². The summed E-state index contributed by atoms with van der Waals surface area (Å²) in [7, 11) is 0. The van der Waals surface area contributed by atoms with Crippen LogP contribution in [0.2, 0.25) is 0 Å². The normalized spacial score (nSPS) is 11.4. The van der Waals surface area contributed by atoms with Gasteiger partial charge in [0.2, 0.25) is 0 Å². The Hall–Kier alpha value is -3.52. The van der Waals surface area contributed by atoms with Crippen molar-refractivity contribution in [2.45, 2.75) is 19.5 Å². The van der Waals surface area contributed by atoms with Gasteiger partial charge in [0.25, 0.3) is 5.91 Å². The summed E-state index contributed by atoms with van der Waals surface area (Å²) in [4.78, 5) is 21.3. The Morgan fingerprint density at radius 2 is 1.94 bits per heavy atom. The summed E-state index contributed by atoms with van der Waals surface area (Å²) in [6.07, 6.45) is -0.465. The molecule has 2 aromatic carbocycles. The molecule has 8 heteroatoms. The molecule has 0 saturated heterocycles. The predicted molar refractivity (Wildman–Crippen MR) is 119 cm³/mol. The van der Waals surface area contributed by atoms with E-state index < -0.39 is 17.6 Å². The summed E-state index contributed by atoms with van der Waals surface area (Å²) >= 11 is 1.54. The summed E-state index contributed by atoms with van der Waals surface area (Å²) in [6, 6.07) is 13.6. The maximum Gasteiger partial charge on any atom is 0.416 e. The van der Waals surface area contributed by atoms with Crippen molar-refractivity contribution in [1.82, 2.24) is 9.97 Å². The molecule has 2 heterocycles. The molecule has 0 aliphatic rings. The number of aryl methyl sites for hydroxylation is 1. The molecular weight excluding hydrogens is 435 g/mol. The largest absolute Gasteiger partial charge is 0.416 e. The first kappa shape index (κ1) is 21.7. The lowest BCUT2D eigenvalue weighted by Crippen LogP contribution is -2.14. The number of halogens is 3. The minimum absolute atomic E-state index is 0.0528. The summed E-state index contributed by atoms with van der Waals surface area (Å²) in [6.45, 7) is 1.96. The highest BCUT2D eigenvalue weighted by Crippen LogP contribution is 2.30. The molecule has 4 rings (SSSR count). The van der Waals surface area contributed by atoms with E-state index in [9.17, 15) is 18.0 Å². The highest BCUT2D eigenvalue weighted by molar-refractivity contribution is 7.10. The van der Waals surface area contributed by atoms with E-state index >= 15 is 0 Å². The zero-order valence-electron chi connectivity index (χ0n) is 17.0. The van der Waals surface area contributed by atoms with Crippen molar-refractivity contribution in [2.24, 2.45) is 0 Å². The Morgan fingerprint density at radius 1 is 1.09 bits per heavy atom. The Balaban J connectivity index is 1.51. The van der Waals surface area contributed by atoms with Gasteiger partial charge in [-0.2, -0.15) is 13.2 Å². The van der Waals surface area contributed by atoms with Crippen LogP contribution in [-0.4, -0.2) is 15.9 Å². The average Bonchev–Trinajstić information content (AvgIpc) is 3.25. The van der Waals surface area contributed by atoms with E-state index in [2.05, 4.69) is 15.3 Å². The Bertz CT molecular complexity index is 1250. The second-order valence-electron chi connectivity index (χ2n) is 7.22. The van der Waals surface area contributed by atoms with E-state index in [-0.39, 0.29) is 5.56 Å². The molecule has 4 nitrogen and oxygen atoms in total. The van der Waals surface area contributed by atoms with E-state index in [0.29, 0.717) is 12.1 Å². The standard InChI is InChI=1S/C24H18F3N3OS/c1-15-7-8-20(29-23(31)16-4-2-6-19(10-16)24(25,26)27)11-18(15)12-22-30-21(14-32-22)17-5-3-9-28-13-17/h2-11,13-14H,12H2,1H3,(H,29,31). The fourth-order valence-electron chi connectivity index (χ4n) is 3.18. The summed E-state index contributed by atoms with van der Waals surface area (Å²) in [5.41, 5.74) is 3.39. The van der Waals surface area contributed by atoms with Crippen molar-refractivity contribution in [3.8, 4) is 11.3 Å². The van der Waals surface area contributed by atoms with Crippen molar-refractivity contribution in [3.63, 3.8) is 0 Å². The third kappa shape index (κ3) is 5.03. The molecule has 0 aliphatic heterocycles. The second kappa shape index (κ2) is 8.92. The van der Waals surface area contributed by atoms with Crippen molar-refractivity contribution < 1.29 is 18.0 Å².